The van der Waals surface area contributed by atoms with Crippen molar-refractivity contribution < 1.29 is 9.18 Å². The van der Waals surface area contributed by atoms with E-state index >= 15 is 0 Å². The number of amides is 1. The molecule has 2 N–H and O–H groups in total. The molecule has 0 bridgehead atoms. The molecule has 17 heavy (non-hydrogen) atoms. The summed E-state index contributed by atoms with van der Waals surface area (Å²) >= 11 is 0. The predicted octanol–water partition coefficient (Wildman–Crippen LogP) is 1.62. The van der Waals surface area contributed by atoms with E-state index in [0.29, 0.717) is 18.2 Å². The summed E-state index contributed by atoms with van der Waals surface area (Å²) in [6, 6.07) is 5.48. The molecule has 92 valence electrons. The van der Waals surface area contributed by atoms with Crippen LogP contribution in [0.2, 0.25) is 0 Å². The van der Waals surface area contributed by atoms with E-state index in [4.69, 9.17) is 0 Å². The van der Waals surface area contributed by atoms with Gasteiger partial charge in [-0.1, -0.05) is 12.1 Å². The van der Waals surface area contributed by atoms with E-state index in [1.54, 1.807) is 19.1 Å². The zero-order valence-corrected chi connectivity index (χ0v) is 9.92. The van der Waals surface area contributed by atoms with Crippen molar-refractivity contribution in [2.75, 3.05) is 13.1 Å². The highest BCUT2D eigenvalue weighted by molar-refractivity contribution is 5.94. The summed E-state index contributed by atoms with van der Waals surface area (Å²) in [6.45, 7) is 2.92. The zero-order valence-electron chi connectivity index (χ0n) is 9.92. The Labute approximate surface area is 100 Å². The summed E-state index contributed by atoms with van der Waals surface area (Å²) in [6.07, 6.45) is 2.45. The maximum absolute atomic E-state index is 13.6. The molecule has 1 saturated carbocycles. The maximum atomic E-state index is 13.6. The van der Waals surface area contributed by atoms with Gasteiger partial charge in [-0.05, 0) is 31.4 Å². The van der Waals surface area contributed by atoms with Crippen molar-refractivity contribution in [1.29, 1.82) is 0 Å². The van der Waals surface area contributed by atoms with Crippen LogP contribution >= 0.6 is 0 Å². The smallest absolute Gasteiger partial charge is 0.254 e. The number of hydrogen-bond donors (Lipinski definition) is 2. The first kappa shape index (κ1) is 12.0. The summed E-state index contributed by atoms with van der Waals surface area (Å²) in [5.41, 5.74) is 0.616. The van der Waals surface area contributed by atoms with E-state index in [1.165, 1.54) is 18.9 Å². The van der Waals surface area contributed by atoms with Crippen molar-refractivity contribution >= 4 is 5.91 Å². The van der Waals surface area contributed by atoms with Crippen molar-refractivity contribution in [1.82, 2.24) is 10.6 Å². The quantitative estimate of drug-likeness (QED) is 0.763. The molecule has 0 spiro atoms. The normalized spacial score (nSPS) is 14.7. The van der Waals surface area contributed by atoms with Gasteiger partial charge in [-0.15, -0.1) is 0 Å². The first-order chi connectivity index (χ1) is 8.18. The van der Waals surface area contributed by atoms with Gasteiger partial charge in [-0.25, -0.2) is 4.39 Å². The average Bonchev–Trinajstić information content (AvgIpc) is 3.12. The summed E-state index contributed by atoms with van der Waals surface area (Å²) in [5.74, 6) is -0.774. The Morgan fingerprint density at radius 2 is 2.18 bits per heavy atom. The van der Waals surface area contributed by atoms with Gasteiger partial charge in [0.2, 0.25) is 0 Å². The molecule has 0 saturated heterocycles. The van der Waals surface area contributed by atoms with Crippen LogP contribution in [0.5, 0.6) is 0 Å². The van der Waals surface area contributed by atoms with Gasteiger partial charge in [0.05, 0.1) is 5.56 Å². The van der Waals surface area contributed by atoms with Crippen LogP contribution in [0.25, 0.3) is 0 Å². The minimum atomic E-state index is -0.430. The topological polar surface area (TPSA) is 41.1 Å². The van der Waals surface area contributed by atoms with Gasteiger partial charge in [0.25, 0.3) is 5.91 Å². The highest BCUT2D eigenvalue weighted by Crippen LogP contribution is 2.17. The van der Waals surface area contributed by atoms with Crippen LogP contribution in [-0.4, -0.2) is 25.0 Å². The minimum Gasteiger partial charge on any atom is -0.351 e. The van der Waals surface area contributed by atoms with Gasteiger partial charge in [0.1, 0.15) is 5.82 Å². The predicted molar refractivity (Wildman–Crippen MR) is 64.5 cm³/mol. The second kappa shape index (κ2) is 5.27. The van der Waals surface area contributed by atoms with Crippen molar-refractivity contribution in [3.05, 3.63) is 35.1 Å². The number of carbonyl (C=O) groups excluding carboxylic acids is 1. The highest BCUT2D eigenvalue weighted by atomic mass is 19.1. The van der Waals surface area contributed by atoms with E-state index in [9.17, 15) is 9.18 Å². The fourth-order valence-corrected chi connectivity index (χ4v) is 1.66. The lowest BCUT2D eigenvalue weighted by Crippen LogP contribution is -2.33. The number of aryl methyl sites for hydroxylation is 1. The number of halogens is 1. The van der Waals surface area contributed by atoms with Gasteiger partial charge < -0.3 is 10.6 Å². The van der Waals surface area contributed by atoms with Crippen LogP contribution in [0.1, 0.15) is 28.8 Å². The third-order valence-electron chi connectivity index (χ3n) is 2.86. The molecule has 3 nitrogen and oxygen atoms in total. The van der Waals surface area contributed by atoms with Crippen LogP contribution in [0.15, 0.2) is 18.2 Å². The van der Waals surface area contributed by atoms with Crippen molar-refractivity contribution in [3.8, 4) is 0 Å². The molecule has 1 fully saturated rings. The summed E-state index contributed by atoms with van der Waals surface area (Å²) in [4.78, 5) is 11.7. The van der Waals surface area contributed by atoms with Gasteiger partial charge in [-0.3, -0.25) is 4.79 Å². The van der Waals surface area contributed by atoms with Gasteiger partial charge in [-0.2, -0.15) is 0 Å². The van der Waals surface area contributed by atoms with Gasteiger partial charge in [0.15, 0.2) is 0 Å². The SMILES string of the molecule is Cc1cccc(C(=O)NCCNC2CC2)c1F. The Bertz CT molecular complexity index is 416. The van der Waals surface area contributed by atoms with Crippen LogP contribution in [0.4, 0.5) is 4.39 Å². The Kier molecular flexibility index (Phi) is 3.74. The summed E-state index contributed by atoms with van der Waals surface area (Å²) in [5, 5.41) is 5.99. The van der Waals surface area contributed by atoms with E-state index in [2.05, 4.69) is 10.6 Å². The standard InChI is InChI=1S/C13H17FN2O/c1-9-3-2-4-11(12(9)14)13(17)16-8-7-15-10-5-6-10/h2-4,10,15H,5-8H2,1H3,(H,16,17). The van der Waals surface area contributed by atoms with Crippen molar-refractivity contribution in [2.24, 2.45) is 0 Å². The number of nitrogens with one attached hydrogen (secondary N) is 2. The molecule has 0 radical (unpaired) electrons. The molecule has 1 aliphatic carbocycles. The zero-order chi connectivity index (χ0) is 12.3. The Hall–Kier alpha value is -1.42. The molecule has 0 atom stereocenters. The molecule has 1 aliphatic rings. The summed E-state index contributed by atoms with van der Waals surface area (Å²) < 4.78 is 13.6. The fourth-order valence-electron chi connectivity index (χ4n) is 1.66. The number of rotatable bonds is 5. The Morgan fingerprint density at radius 3 is 2.88 bits per heavy atom. The lowest BCUT2D eigenvalue weighted by molar-refractivity contribution is 0.0949. The number of carbonyl (C=O) groups is 1. The third-order valence-corrected chi connectivity index (χ3v) is 2.86. The molecule has 2 rings (SSSR count). The fraction of sp³-hybridized carbons (Fsp3) is 0.462. The molecule has 1 aromatic rings. The van der Waals surface area contributed by atoms with Crippen molar-refractivity contribution in [3.63, 3.8) is 0 Å². The molecule has 0 heterocycles. The first-order valence-corrected chi connectivity index (χ1v) is 5.95. The molecule has 1 amide bonds. The van der Waals surface area contributed by atoms with Crippen LogP contribution in [0, 0.1) is 12.7 Å². The molecule has 0 aromatic heterocycles. The minimum absolute atomic E-state index is 0.122. The van der Waals surface area contributed by atoms with E-state index in [1.807, 2.05) is 0 Å². The molecular weight excluding hydrogens is 219 g/mol. The number of benzene rings is 1. The Balaban J connectivity index is 1.83. The molecular formula is C13H17FN2O. The van der Waals surface area contributed by atoms with E-state index in [-0.39, 0.29) is 11.5 Å². The monoisotopic (exact) mass is 236 g/mol. The number of hydrogen-bond acceptors (Lipinski definition) is 2. The van der Waals surface area contributed by atoms with Crippen LogP contribution in [0.3, 0.4) is 0 Å². The molecule has 0 unspecified atom stereocenters. The first-order valence-electron chi connectivity index (χ1n) is 5.95. The molecule has 1 aromatic carbocycles. The van der Waals surface area contributed by atoms with E-state index < -0.39 is 5.82 Å². The van der Waals surface area contributed by atoms with Gasteiger partial charge in [0, 0.05) is 19.1 Å². The summed E-state index contributed by atoms with van der Waals surface area (Å²) in [7, 11) is 0. The maximum Gasteiger partial charge on any atom is 0.254 e. The largest absolute Gasteiger partial charge is 0.351 e. The second-order valence-corrected chi connectivity index (χ2v) is 4.42. The van der Waals surface area contributed by atoms with Crippen LogP contribution < -0.4 is 10.6 Å². The average molecular weight is 236 g/mol. The highest BCUT2D eigenvalue weighted by Gasteiger charge is 2.19. The Morgan fingerprint density at radius 1 is 1.41 bits per heavy atom. The van der Waals surface area contributed by atoms with Crippen LogP contribution in [-0.2, 0) is 0 Å². The lowest BCUT2D eigenvalue weighted by Gasteiger charge is -2.07. The second-order valence-electron chi connectivity index (χ2n) is 4.42. The van der Waals surface area contributed by atoms with Crippen molar-refractivity contribution in [2.45, 2.75) is 25.8 Å². The third kappa shape index (κ3) is 3.27. The lowest BCUT2D eigenvalue weighted by atomic mass is 10.1. The van der Waals surface area contributed by atoms with E-state index in [0.717, 1.165) is 6.54 Å². The molecule has 4 heteroatoms. The van der Waals surface area contributed by atoms with Gasteiger partial charge >= 0.3 is 0 Å². The molecule has 0 aliphatic heterocycles.